The minimum absolute atomic E-state index is 0.121. The number of halogens is 1. The summed E-state index contributed by atoms with van der Waals surface area (Å²) in [5, 5.41) is 8.61. The van der Waals surface area contributed by atoms with Gasteiger partial charge in [-0.1, -0.05) is 19.2 Å². The molecule has 6 rings (SSSR count). The number of hydrogen-bond donors (Lipinski definition) is 1. The lowest BCUT2D eigenvalue weighted by Crippen LogP contribution is -2.32. The molecule has 1 saturated carbocycles. The summed E-state index contributed by atoms with van der Waals surface area (Å²) < 4.78 is 16.5. The van der Waals surface area contributed by atoms with E-state index in [4.69, 9.17) is 10.1 Å². The van der Waals surface area contributed by atoms with Crippen molar-refractivity contribution in [1.29, 1.82) is 0 Å². The smallest absolute Gasteiger partial charge is 0.155 e. The highest BCUT2D eigenvalue weighted by Crippen LogP contribution is 2.41. The Balaban J connectivity index is 1.45. The number of benzene rings is 1. The number of nitrogens with zero attached hydrogens (tertiary/aromatic N) is 4. The maximum absolute atomic E-state index is 14.4. The summed E-state index contributed by atoms with van der Waals surface area (Å²) in [6, 6.07) is 9.68. The van der Waals surface area contributed by atoms with Gasteiger partial charge in [-0.25, -0.2) is 13.9 Å². The molecule has 0 amide bonds. The van der Waals surface area contributed by atoms with Crippen LogP contribution in [0, 0.1) is 5.82 Å². The SMILES string of the molecule is C=C1CCc2ccc(F)cc2C(=C)N2CCCCC2c2cc3nc(C4CC4)cc(n3n2)CCCN1. The molecular formula is C29H34FN5. The number of nitrogens with one attached hydrogen (secondary N) is 1. The van der Waals surface area contributed by atoms with Gasteiger partial charge in [0.1, 0.15) is 5.82 Å². The lowest BCUT2D eigenvalue weighted by molar-refractivity contribution is 0.226. The van der Waals surface area contributed by atoms with E-state index in [2.05, 4.69) is 40.0 Å². The Labute approximate surface area is 206 Å². The topological polar surface area (TPSA) is 45.5 Å². The van der Waals surface area contributed by atoms with Gasteiger partial charge in [0.15, 0.2) is 5.65 Å². The first-order valence-electron chi connectivity index (χ1n) is 13.1. The molecule has 0 radical (unpaired) electrons. The fraction of sp³-hybridized carbons (Fsp3) is 0.448. The van der Waals surface area contributed by atoms with E-state index in [9.17, 15) is 4.39 Å². The number of rotatable bonds is 1. The fourth-order valence-corrected chi connectivity index (χ4v) is 5.67. The summed E-state index contributed by atoms with van der Waals surface area (Å²) in [7, 11) is 0. The van der Waals surface area contributed by atoms with Gasteiger partial charge in [0.2, 0.25) is 0 Å². The summed E-state index contributed by atoms with van der Waals surface area (Å²) in [5.41, 5.74) is 8.36. The van der Waals surface area contributed by atoms with Gasteiger partial charge in [-0.3, -0.25) is 0 Å². The maximum Gasteiger partial charge on any atom is 0.155 e. The summed E-state index contributed by atoms with van der Waals surface area (Å²) in [6.07, 6.45) is 9.31. The highest BCUT2D eigenvalue weighted by Gasteiger charge is 2.30. The number of hydrogen-bond acceptors (Lipinski definition) is 4. The van der Waals surface area contributed by atoms with E-state index in [1.807, 2.05) is 6.07 Å². The number of piperidine rings is 1. The Hall–Kier alpha value is -3.15. The average molecular weight is 472 g/mol. The van der Waals surface area contributed by atoms with Crippen molar-refractivity contribution in [2.45, 2.75) is 69.7 Å². The lowest BCUT2D eigenvalue weighted by atomic mass is 9.94. The monoisotopic (exact) mass is 471 g/mol. The number of allylic oxidation sites excluding steroid dienone is 1. The van der Waals surface area contributed by atoms with E-state index >= 15 is 0 Å². The van der Waals surface area contributed by atoms with E-state index in [0.29, 0.717) is 5.92 Å². The Kier molecular flexibility index (Phi) is 5.83. The predicted molar refractivity (Wildman–Crippen MR) is 137 cm³/mol. The fourth-order valence-electron chi connectivity index (χ4n) is 5.67. The standard InChI is InChI=1S/C29H34FN5/c1-19-8-9-21-12-13-23(30)16-25(21)20(2)34-15-4-3-7-28(34)27-18-29-32-26(22-10-11-22)17-24(35(29)33-27)6-5-14-31-19/h12-13,16-18,22,28,31H,1-11,14-15H2. The van der Waals surface area contributed by atoms with E-state index in [-0.39, 0.29) is 11.9 Å². The van der Waals surface area contributed by atoms with Crippen LogP contribution < -0.4 is 5.32 Å². The summed E-state index contributed by atoms with van der Waals surface area (Å²) in [6.45, 7) is 10.5. The maximum atomic E-state index is 14.4. The second-order valence-corrected chi connectivity index (χ2v) is 10.4. The van der Waals surface area contributed by atoms with E-state index < -0.39 is 0 Å². The van der Waals surface area contributed by atoms with Crippen LogP contribution in [0.4, 0.5) is 4.39 Å². The molecule has 2 fully saturated rings. The van der Waals surface area contributed by atoms with Crippen LogP contribution in [0.5, 0.6) is 0 Å². The van der Waals surface area contributed by atoms with E-state index in [1.165, 1.54) is 24.2 Å². The van der Waals surface area contributed by atoms with Crippen molar-refractivity contribution in [2.75, 3.05) is 13.1 Å². The molecule has 1 unspecified atom stereocenters. The minimum atomic E-state index is -0.223. The Morgan fingerprint density at radius 3 is 2.69 bits per heavy atom. The highest BCUT2D eigenvalue weighted by molar-refractivity contribution is 5.66. The molecule has 1 saturated heterocycles. The van der Waals surface area contributed by atoms with Crippen LogP contribution in [-0.4, -0.2) is 32.6 Å². The van der Waals surface area contributed by atoms with Crippen molar-refractivity contribution < 1.29 is 4.39 Å². The molecular weight excluding hydrogens is 437 g/mol. The first-order chi connectivity index (χ1) is 17.1. The molecule has 2 aliphatic heterocycles. The molecule has 1 aliphatic carbocycles. The molecule has 1 atom stereocenters. The second kappa shape index (κ2) is 9.14. The molecule has 1 N–H and O–H groups in total. The molecule has 6 heteroatoms. The molecule has 1 aromatic carbocycles. The quantitative estimate of drug-likeness (QED) is 0.478. The lowest BCUT2D eigenvalue weighted by Gasteiger charge is -2.38. The zero-order valence-corrected chi connectivity index (χ0v) is 20.4. The van der Waals surface area contributed by atoms with Crippen molar-refractivity contribution in [2.24, 2.45) is 0 Å². The number of fused-ring (bicyclic) bond motifs is 4. The molecule has 2 aromatic heterocycles. The van der Waals surface area contributed by atoms with Crippen molar-refractivity contribution in [3.63, 3.8) is 0 Å². The number of aromatic nitrogens is 3. The van der Waals surface area contributed by atoms with Gasteiger partial charge in [0, 0.05) is 53.4 Å². The van der Waals surface area contributed by atoms with Crippen LogP contribution >= 0.6 is 0 Å². The molecule has 3 aromatic rings. The third-order valence-electron chi connectivity index (χ3n) is 7.79. The minimum Gasteiger partial charge on any atom is -0.389 e. The van der Waals surface area contributed by atoms with Gasteiger partial charge >= 0.3 is 0 Å². The van der Waals surface area contributed by atoms with Gasteiger partial charge in [0.05, 0.1) is 11.7 Å². The summed E-state index contributed by atoms with van der Waals surface area (Å²) in [5.74, 6) is 0.375. The largest absolute Gasteiger partial charge is 0.389 e. The van der Waals surface area contributed by atoms with Crippen molar-refractivity contribution in [1.82, 2.24) is 24.8 Å². The molecule has 5 nitrogen and oxygen atoms in total. The molecule has 35 heavy (non-hydrogen) atoms. The highest BCUT2D eigenvalue weighted by atomic mass is 19.1. The average Bonchev–Trinajstić information content (AvgIpc) is 3.63. The van der Waals surface area contributed by atoms with Gasteiger partial charge in [0.25, 0.3) is 0 Å². The van der Waals surface area contributed by atoms with Crippen LogP contribution in [-0.2, 0) is 12.8 Å². The van der Waals surface area contributed by atoms with Crippen LogP contribution in [0.1, 0.15) is 85.1 Å². The Morgan fingerprint density at radius 2 is 1.83 bits per heavy atom. The molecule has 182 valence electrons. The van der Waals surface area contributed by atoms with Gasteiger partial charge in [-0.05, 0) is 81.5 Å². The van der Waals surface area contributed by atoms with Gasteiger partial charge in [-0.15, -0.1) is 0 Å². The van der Waals surface area contributed by atoms with E-state index in [1.54, 1.807) is 12.1 Å². The Morgan fingerprint density at radius 1 is 0.943 bits per heavy atom. The zero-order valence-electron chi connectivity index (χ0n) is 20.4. The predicted octanol–water partition coefficient (Wildman–Crippen LogP) is 5.93. The van der Waals surface area contributed by atoms with Crippen LogP contribution in [0.2, 0.25) is 0 Å². The first-order valence-corrected chi connectivity index (χ1v) is 13.1. The normalized spacial score (nSPS) is 21.6. The summed E-state index contributed by atoms with van der Waals surface area (Å²) in [4.78, 5) is 7.36. The van der Waals surface area contributed by atoms with Crippen molar-refractivity contribution in [3.05, 3.63) is 83.2 Å². The third kappa shape index (κ3) is 4.46. The molecule has 3 aliphatic rings. The van der Waals surface area contributed by atoms with Crippen LogP contribution in [0.3, 0.4) is 0 Å². The molecule has 4 heterocycles. The van der Waals surface area contributed by atoms with Crippen molar-refractivity contribution in [3.8, 4) is 0 Å². The third-order valence-corrected chi connectivity index (χ3v) is 7.79. The Bertz CT molecular complexity index is 1290. The second-order valence-electron chi connectivity index (χ2n) is 10.4. The number of aryl methyl sites for hydroxylation is 2. The van der Waals surface area contributed by atoms with Crippen LogP contribution in [0.15, 0.2) is 49.2 Å². The van der Waals surface area contributed by atoms with Gasteiger partial charge in [-0.2, -0.15) is 5.10 Å². The van der Waals surface area contributed by atoms with Crippen molar-refractivity contribution >= 4 is 11.3 Å². The molecule has 2 bridgehead atoms. The van der Waals surface area contributed by atoms with Crippen LogP contribution in [0.25, 0.3) is 11.3 Å². The zero-order chi connectivity index (χ0) is 23.9. The summed E-state index contributed by atoms with van der Waals surface area (Å²) >= 11 is 0. The van der Waals surface area contributed by atoms with Gasteiger partial charge < -0.3 is 10.2 Å². The first kappa shape index (κ1) is 22.3. The van der Waals surface area contributed by atoms with E-state index in [0.717, 1.165) is 91.9 Å². The molecule has 0 spiro atoms.